The Bertz CT molecular complexity index is 767. The molecule has 0 radical (unpaired) electrons. The van der Waals surface area contributed by atoms with Gasteiger partial charge in [0.15, 0.2) is 0 Å². The number of benzene rings is 2. The Labute approximate surface area is 132 Å². The van der Waals surface area contributed by atoms with Crippen molar-refractivity contribution in [2.24, 2.45) is 0 Å². The molecule has 0 amide bonds. The molecule has 0 fully saturated rings. The fourth-order valence-corrected chi connectivity index (χ4v) is 2.41. The van der Waals surface area contributed by atoms with Gasteiger partial charge in [-0.1, -0.05) is 29.8 Å². The van der Waals surface area contributed by atoms with Crippen LogP contribution in [0.15, 0.2) is 36.4 Å². The van der Waals surface area contributed by atoms with E-state index in [1.54, 1.807) is 18.2 Å². The number of nitrogens with one attached hydrogen (secondary N) is 1. The number of anilines is 2. The number of para-hydroxylation sites is 1. The van der Waals surface area contributed by atoms with Gasteiger partial charge in [-0.2, -0.15) is 5.26 Å². The lowest BCUT2D eigenvalue weighted by molar-refractivity contribution is 0.604. The van der Waals surface area contributed by atoms with E-state index in [9.17, 15) is 4.39 Å². The van der Waals surface area contributed by atoms with Gasteiger partial charge in [0.2, 0.25) is 0 Å². The van der Waals surface area contributed by atoms with Crippen molar-refractivity contribution in [3.05, 3.63) is 58.4 Å². The molecule has 2 aromatic carbocycles. The number of nitrogens with two attached hydrogens (primary N) is 2. The summed E-state index contributed by atoms with van der Waals surface area (Å²) in [4.78, 5) is 0. The number of nitriles is 1. The van der Waals surface area contributed by atoms with Gasteiger partial charge in [0.05, 0.1) is 17.4 Å². The number of hydrogen-bond donors (Lipinski definition) is 3. The first-order valence-corrected chi connectivity index (χ1v) is 6.88. The molecule has 0 heterocycles. The molecule has 1 atom stereocenters. The van der Waals surface area contributed by atoms with Crippen LogP contribution in [0, 0.1) is 22.6 Å². The Morgan fingerprint density at radius 1 is 1.32 bits per heavy atom. The van der Waals surface area contributed by atoms with Crippen molar-refractivity contribution in [1.29, 1.82) is 10.7 Å². The summed E-state index contributed by atoms with van der Waals surface area (Å²) >= 11 is 5.75. The van der Waals surface area contributed by atoms with Crippen molar-refractivity contribution in [3.8, 4) is 6.07 Å². The Kier molecular flexibility index (Phi) is 4.64. The van der Waals surface area contributed by atoms with Gasteiger partial charge >= 0.3 is 0 Å². The molecule has 5 N–H and O–H groups in total. The molecular weight excluding hydrogens is 303 g/mol. The van der Waals surface area contributed by atoms with E-state index >= 15 is 0 Å². The zero-order valence-corrected chi connectivity index (χ0v) is 12.4. The lowest BCUT2D eigenvalue weighted by atomic mass is 9.86. The van der Waals surface area contributed by atoms with E-state index in [0.717, 1.165) is 6.07 Å². The second-order valence-electron chi connectivity index (χ2n) is 4.80. The summed E-state index contributed by atoms with van der Waals surface area (Å²) in [5.74, 6) is -1.30. The smallest absolute Gasteiger partial charge is 0.128 e. The summed E-state index contributed by atoms with van der Waals surface area (Å²) < 4.78 is 14.1. The molecule has 4 nitrogen and oxygen atoms in total. The fourth-order valence-electron chi connectivity index (χ4n) is 2.25. The molecule has 0 aliphatic carbocycles. The third-order valence-corrected chi connectivity index (χ3v) is 3.65. The maximum Gasteiger partial charge on any atom is 0.128 e. The summed E-state index contributed by atoms with van der Waals surface area (Å²) in [5, 5.41) is 17.6. The lowest BCUT2D eigenvalue weighted by Crippen LogP contribution is -2.16. The van der Waals surface area contributed by atoms with Crippen LogP contribution < -0.4 is 11.5 Å². The minimum atomic E-state index is -0.744. The van der Waals surface area contributed by atoms with Crippen molar-refractivity contribution in [2.45, 2.75) is 12.3 Å². The Balaban J connectivity index is 2.50. The molecule has 0 aromatic heterocycles. The Morgan fingerprint density at radius 2 is 2.05 bits per heavy atom. The third kappa shape index (κ3) is 3.02. The first-order chi connectivity index (χ1) is 10.5. The van der Waals surface area contributed by atoms with E-state index in [1.165, 1.54) is 12.1 Å². The maximum absolute atomic E-state index is 14.1. The molecule has 2 aromatic rings. The van der Waals surface area contributed by atoms with Gasteiger partial charge < -0.3 is 16.9 Å². The molecular formula is C16H14ClFN4. The first kappa shape index (κ1) is 15.8. The van der Waals surface area contributed by atoms with Crippen LogP contribution in [0.25, 0.3) is 0 Å². The van der Waals surface area contributed by atoms with Crippen molar-refractivity contribution in [2.75, 3.05) is 11.5 Å². The zero-order valence-electron chi connectivity index (χ0n) is 11.6. The standard InChI is InChI=1S/C16H14ClFN4/c17-9-4-5-10(13(18)8-9)11(6-7-19)15(21)12-2-1-3-14(20)16(12)22/h1-5,8,11,21H,6,20,22H2. The van der Waals surface area contributed by atoms with Crippen LogP contribution in [-0.4, -0.2) is 5.71 Å². The van der Waals surface area contributed by atoms with Gasteiger partial charge in [0.1, 0.15) is 5.82 Å². The van der Waals surface area contributed by atoms with Gasteiger partial charge in [0, 0.05) is 28.6 Å². The molecule has 0 spiro atoms. The number of rotatable bonds is 4. The summed E-state index contributed by atoms with van der Waals surface area (Å²) in [7, 11) is 0. The summed E-state index contributed by atoms with van der Waals surface area (Å²) in [6.07, 6.45) is -0.0500. The number of halogens is 2. The van der Waals surface area contributed by atoms with Gasteiger partial charge in [-0.25, -0.2) is 4.39 Å². The highest BCUT2D eigenvalue weighted by Gasteiger charge is 2.23. The molecule has 0 aliphatic heterocycles. The van der Waals surface area contributed by atoms with E-state index in [0.29, 0.717) is 11.3 Å². The van der Waals surface area contributed by atoms with Crippen LogP contribution >= 0.6 is 11.6 Å². The molecule has 2 rings (SSSR count). The molecule has 0 saturated carbocycles. The fraction of sp³-hybridized carbons (Fsp3) is 0.125. The van der Waals surface area contributed by atoms with Crippen LogP contribution in [0.2, 0.25) is 5.02 Å². The number of nitrogen functional groups attached to an aromatic ring is 2. The van der Waals surface area contributed by atoms with Gasteiger partial charge in [-0.15, -0.1) is 0 Å². The number of nitrogens with zero attached hydrogens (tertiary/aromatic N) is 1. The molecule has 1 unspecified atom stereocenters. The van der Waals surface area contributed by atoms with Crippen LogP contribution in [0.3, 0.4) is 0 Å². The Morgan fingerprint density at radius 3 is 2.68 bits per heavy atom. The topological polar surface area (TPSA) is 99.7 Å². The highest BCUT2D eigenvalue weighted by molar-refractivity contribution is 6.30. The van der Waals surface area contributed by atoms with E-state index < -0.39 is 11.7 Å². The molecule has 0 saturated heterocycles. The second kappa shape index (κ2) is 6.46. The van der Waals surface area contributed by atoms with Gasteiger partial charge in [0.25, 0.3) is 0 Å². The minimum Gasteiger partial charge on any atom is -0.397 e. The second-order valence-corrected chi connectivity index (χ2v) is 5.24. The Hall–Kier alpha value is -2.58. The quantitative estimate of drug-likeness (QED) is 0.592. The maximum atomic E-state index is 14.1. The van der Waals surface area contributed by atoms with Crippen LogP contribution in [-0.2, 0) is 0 Å². The van der Waals surface area contributed by atoms with Gasteiger partial charge in [-0.3, -0.25) is 0 Å². The van der Waals surface area contributed by atoms with E-state index in [2.05, 4.69) is 0 Å². The lowest BCUT2D eigenvalue weighted by Gasteiger charge is -2.18. The van der Waals surface area contributed by atoms with Crippen LogP contribution in [0.1, 0.15) is 23.5 Å². The molecule has 0 bridgehead atoms. The van der Waals surface area contributed by atoms with Crippen LogP contribution in [0.4, 0.5) is 15.8 Å². The third-order valence-electron chi connectivity index (χ3n) is 3.41. The first-order valence-electron chi connectivity index (χ1n) is 6.50. The van der Waals surface area contributed by atoms with Gasteiger partial charge in [-0.05, 0) is 23.8 Å². The number of hydrogen-bond acceptors (Lipinski definition) is 4. The molecule has 6 heteroatoms. The minimum absolute atomic E-state index is 0.0487. The van der Waals surface area contributed by atoms with E-state index in [1.807, 2.05) is 6.07 Å². The monoisotopic (exact) mass is 316 g/mol. The van der Waals surface area contributed by atoms with E-state index in [4.69, 9.17) is 33.7 Å². The predicted octanol–water partition coefficient (Wildman–Crippen LogP) is 3.71. The molecule has 112 valence electrons. The molecule has 22 heavy (non-hydrogen) atoms. The van der Waals surface area contributed by atoms with Crippen molar-refractivity contribution in [3.63, 3.8) is 0 Å². The predicted molar refractivity (Wildman–Crippen MR) is 86.5 cm³/mol. The summed E-state index contributed by atoms with van der Waals surface area (Å²) in [5.41, 5.74) is 12.9. The SMILES string of the molecule is N#CCC(C(=N)c1cccc(N)c1N)c1ccc(Cl)cc1F. The average Bonchev–Trinajstić information content (AvgIpc) is 2.48. The highest BCUT2D eigenvalue weighted by Crippen LogP contribution is 2.31. The van der Waals surface area contributed by atoms with Crippen molar-refractivity contribution in [1.82, 2.24) is 0 Å². The average molecular weight is 317 g/mol. The van der Waals surface area contributed by atoms with Crippen molar-refractivity contribution >= 4 is 28.7 Å². The summed E-state index contributed by atoms with van der Waals surface area (Å²) in [6, 6.07) is 11.1. The molecule has 0 aliphatic rings. The highest BCUT2D eigenvalue weighted by atomic mass is 35.5. The largest absolute Gasteiger partial charge is 0.397 e. The normalized spacial score (nSPS) is 11.7. The summed E-state index contributed by atoms with van der Waals surface area (Å²) in [6.45, 7) is 0. The van der Waals surface area contributed by atoms with Crippen molar-refractivity contribution < 1.29 is 4.39 Å². The zero-order chi connectivity index (χ0) is 16.3. The van der Waals surface area contributed by atoms with E-state index in [-0.39, 0.29) is 28.4 Å². The van der Waals surface area contributed by atoms with Crippen LogP contribution in [0.5, 0.6) is 0 Å².